The molecule has 8 rings (SSSR count). The molecule has 0 radical (unpaired) electrons. The molecular formula is C47H46Cl2N6O5. The van der Waals surface area contributed by atoms with Crippen molar-refractivity contribution in [2.75, 3.05) is 63.3 Å². The Morgan fingerprint density at radius 3 is 1.38 bits per heavy atom. The summed E-state index contributed by atoms with van der Waals surface area (Å²) in [6.45, 7) is 5.79. The summed E-state index contributed by atoms with van der Waals surface area (Å²) in [5.74, 6) is 2.54. The van der Waals surface area contributed by atoms with Gasteiger partial charge in [-0.2, -0.15) is 0 Å². The van der Waals surface area contributed by atoms with Crippen molar-refractivity contribution in [1.29, 1.82) is 0 Å². The quantitative estimate of drug-likeness (QED) is 0.134. The number of hydrogen-bond acceptors (Lipinski definition) is 9. The Bertz CT molecular complexity index is 2290. The lowest BCUT2D eigenvalue weighted by Crippen LogP contribution is -2.72. The maximum absolute atomic E-state index is 16.2. The summed E-state index contributed by atoms with van der Waals surface area (Å²) < 4.78 is 26.4. The molecule has 4 heterocycles. The average molecular weight is 846 g/mol. The van der Waals surface area contributed by atoms with E-state index in [1.807, 2.05) is 121 Å². The van der Waals surface area contributed by atoms with Crippen molar-refractivity contribution in [3.63, 3.8) is 0 Å². The van der Waals surface area contributed by atoms with Crippen molar-refractivity contribution < 1.29 is 23.7 Å². The van der Waals surface area contributed by atoms with Crippen molar-refractivity contribution >= 4 is 40.6 Å². The highest BCUT2D eigenvalue weighted by molar-refractivity contribution is 6.31. The third-order valence-electron chi connectivity index (χ3n) is 11.2. The van der Waals surface area contributed by atoms with Gasteiger partial charge < -0.3 is 28.7 Å². The van der Waals surface area contributed by atoms with Crippen LogP contribution in [0.4, 0.5) is 16.2 Å². The van der Waals surface area contributed by atoms with Crippen LogP contribution in [-0.2, 0) is 11.4 Å². The summed E-state index contributed by atoms with van der Waals surface area (Å²) >= 11 is 13.0. The van der Waals surface area contributed by atoms with Crippen LogP contribution in [0.1, 0.15) is 22.3 Å². The van der Waals surface area contributed by atoms with Crippen LogP contribution in [0.15, 0.2) is 134 Å². The molecule has 2 unspecified atom stereocenters. The normalized spacial score (nSPS) is 19.2. The van der Waals surface area contributed by atoms with E-state index in [-0.39, 0.29) is 32.2 Å². The summed E-state index contributed by atoms with van der Waals surface area (Å²) in [6.07, 6.45) is 6.95. The van der Waals surface area contributed by atoms with E-state index in [0.717, 1.165) is 22.5 Å². The van der Waals surface area contributed by atoms with Gasteiger partial charge in [0, 0.05) is 72.1 Å². The zero-order valence-electron chi connectivity index (χ0n) is 33.9. The van der Waals surface area contributed by atoms with Crippen molar-refractivity contribution in [3.05, 3.63) is 166 Å². The summed E-state index contributed by atoms with van der Waals surface area (Å²) in [7, 11) is 3.32. The molecule has 11 nitrogen and oxygen atoms in total. The number of amides is 2. The van der Waals surface area contributed by atoms with Crippen LogP contribution < -0.4 is 28.7 Å². The summed E-state index contributed by atoms with van der Waals surface area (Å²) in [5, 5.41) is 1.15. The lowest BCUT2D eigenvalue weighted by atomic mass is 9.95. The third kappa shape index (κ3) is 7.71. The minimum Gasteiger partial charge on any atom is -0.495 e. The molecule has 60 heavy (non-hydrogen) atoms. The van der Waals surface area contributed by atoms with E-state index in [1.54, 1.807) is 51.1 Å². The van der Waals surface area contributed by atoms with Gasteiger partial charge in [-0.3, -0.25) is 19.8 Å². The molecule has 2 saturated heterocycles. The van der Waals surface area contributed by atoms with Gasteiger partial charge in [0.1, 0.15) is 23.0 Å². The van der Waals surface area contributed by atoms with Gasteiger partial charge in [0.15, 0.2) is 0 Å². The minimum absolute atomic E-state index is 0.227. The molecule has 13 heteroatoms. The second kappa shape index (κ2) is 17.2. The number of hydrogen-bond donors (Lipinski definition) is 0. The molecule has 0 N–H and O–H groups in total. The number of halogens is 2. The number of anilines is 2. The van der Waals surface area contributed by atoms with Gasteiger partial charge in [-0.1, -0.05) is 47.5 Å². The number of urea groups is 1. The first kappa shape index (κ1) is 40.6. The highest BCUT2D eigenvalue weighted by Gasteiger charge is 2.56. The van der Waals surface area contributed by atoms with Gasteiger partial charge in [-0.15, -0.1) is 0 Å². The molecule has 4 aromatic carbocycles. The van der Waals surface area contributed by atoms with Crippen LogP contribution in [-0.4, -0.2) is 79.3 Å². The second-order valence-electron chi connectivity index (χ2n) is 14.8. The van der Waals surface area contributed by atoms with E-state index in [9.17, 15) is 0 Å². The van der Waals surface area contributed by atoms with E-state index in [2.05, 4.69) is 19.8 Å². The van der Waals surface area contributed by atoms with Crippen LogP contribution >= 0.6 is 23.2 Å². The van der Waals surface area contributed by atoms with Gasteiger partial charge in [0.25, 0.3) is 0 Å². The van der Waals surface area contributed by atoms with E-state index < -0.39 is 11.4 Å². The number of rotatable bonds is 10. The molecule has 2 aliphatic rings. The van der Waals surface area contributed by atoms with Gasteiger partial charge in [-0.25, -0.2) is 4.79 Å². The van der Waals surface area contributed by atoms with Crippen LogP contribution in [0.25, 0.3) is 0 Å². The fourth-order valence-corrected chi connectivity index (χ4v) is 8.73. The molecule has 0 spiro atoms. The number of benzene rings is 4. The maximum Gasteiger partial charge on any atom is 0.326 e. The predicted molar refractivity (Wildman–Crippen MR) is 235 cm³/mol. The predicted octanol–water partition coefficient (Wildman–Crippen LogP) is 9.35. The van der Waals surface area contributed by atoms with Crippen LogP contribution in [0.5, 0.6) is 23.0 Å². The molecule has 2 atom stereocenters. The summed E-state index contributed by atoms with van der Waals surface area (Å²) in [5.41, 5.74) is 1.86. The first-order valence-corrected chi connectivity index (χ1v) is 20.5. The van der Waals surface area contributed by atoms with Gasteiger partial charge in [-0.05, 0) is 110 Å². The van der Waals surface area contributed by atoms with Gasteiger partial charge in [0.2, 0.25) is 11.4 Å². The molecule has 0 aliphatic carbocycles. The molecule has 0 saturated carbocycles. The zero-order chi connectivity index (χ0) is 41.9. The van der Waals surface area contributed by atoms with Crippen LogP contribution in [0, 0.1) is 13.8 Å². The first-order valence-electron chi connectivity index (χ1n) is 19.7. The van der Waals surface area contributed by atoms with Crippen molar-refractivity contribution in [2.45, 2.75) is 25.3 Å². The van der Waals surface area contributed by atoms with Gasteiger partial charge >= 0.3 is 6.03 Å². The highest BCUT2D eigenvalue weighted by atomic mass is 35.5. The smallest absolute Gasteiger partial charge is 0.326 e. The molecule has 2 fully saturated rings. The Labute approximate surface area is 360 Å². The number of aryl methyl sites for hydroxylation is 2. The van der Waals surface area contributed by atoms with Gasteiger partial charge in [0.05, 0.1) is 38.7 Å². The lowest BCUT2D eigenvalue weighted by Gasteiger charge is -2.56. The van der Waals surface area contributed by atoms with Crippen LogP contribution in [0.3, 0.4) is 0 Å². The number of aromatic nitrogens is 2. The number of pyridine rings is 2. The monoisotopic (exact) mass is 844 g/mol. The standard InChI is InChI=1S/C47H46Cl2N6O5/c1-33-27-37(48)17-19-41(33)59-46(35-11-9-21-50-29-35)31-52(39-13-5-7-15-43(39)57-3)23-25-54(46)45(56)55-26-24-53(40-14-6-8-16-44(40)58-4)32-47(55,36-12-10-22-51-30-36)60-42-20-18-38(49)28-34(42)2/h5-22,27-30H,23-26,31-32H2,1-4H3. The fraction of sp³-hybridized carbons (Fsp3) is 0.255. The molecule has 2 aromatic heterocycles. The zero-order valence-corrected chi connectivity index (χ0v) is 35.4. The first-order chi connectivity index (χ1) is 29.2. The maximum atomic E-state index is 16.2. The number of nitrogens with zero attached hydrogens (tertiary/aromatic N) is 6. The second-order valence-corrected chi connectivity index (χ2v) is 15.7. The average Bonchev–Trinajstić information content (AvgIpc) is 3.28. The number of carbonyl (C=O) groups is 1. The fourth-order valence-electron chi connectivity index (χ4n) is 8.28. The molecule has 6 aromatic rings. The Hall–Kier alpha value is -6.17. The number of ether oxygens (including phenoxy) is 4. The largest absolute Gasteiger partial charge is 0.495 e. The Balaban J connectivity index is 1.32. The lowest BCUT2D eigenvalue weighted by molar-refractivity contribution is -0.115. The van der Waals surface area contributed by atoms with E-state index in [4.69, 9.17) is 42.1 Å². The third-order valence-corrected chi connectivity index (χ3v) is 11.7. The number of carbonyl (C=O) groups excluding carboxylic acids is 1. The summed E-state index contributed by atoms with van der Waals surface area (Å²) in [4.78, 5) is 33.4. The van der Waals surface area contributed by atoms with Crippen molar-refractivity contribution in [3.8, 4) is 23.0 Å². The molecule has 308 valence electrons. The van der Waals surface area contributed by atoms with E-state index in [0.29, 0.717) is 57.3 Å². The van der Waals surface area contributed by atoms with Crippen LogP contribution in [0.2, 0.25) is 10.0 Å². The topological polar surface area (TPSA) is 92.7 Å². The molecule has 0 bridgehead atoms. The Morgan fingerprint density at radius 1 is 0.567 bits per heavy atom. The van der Waals surface area contributed by atoms with Crippen molar-refractivity contribution in [2.24, 2.45) is 0 Å². The number of piperazine rings is 2. The number of methoxy groups -OCH3 is 2. The Kier molecular flexibility index (Phi) is 11.6. The molecule has 2 aliphatic heterocycles. The molecule has 2 amide bonds. The highest BCUT2D eigenvalue weighted by Crippen LogP contribution is 2.45. The SMILES string of the molecule is COc1ccccc1N1CCN(C(=O)N2CCN(c3ccccc3OC)CC2(Oc2ccc(Cl)cc2C)c2cccnc2)C(Oc2ccc(Cl)cc2C)(c2cccnc2)C1. The van der Waals surface area contributed by atoms with E-state index in [1.165, 1.54) is 0 Å². The number of para-hydroxylation sites is 4. The summed E-state index contributed by atoms with van der Waals surface area (Å²) in [6, 6.07) is 34.0. The Morgan fingerprint density at radius 2 is 1.00 bits per heavy atom. The molecular weight excluding hydrogens is 799 g/mol. The van der Waals surface area contributed by atoms with Crippen molar-refractivity contribution in [1.82, 2.24) is 19.8 Å². The van der Waals surface area contributed by atoms with E-state index >= 15 is 4.79 Å². The minimum atomic E-state index is -1.43.